The van der Waals surface area contributed by atoms with Gasteiger partial charge in [0.15, 0.2) is 0 Å². The number of pyridine rings is 1. The van der Waals surface area contributed by atoms with Crippen LogP contribution < -0.4 is 5.32 Å². The third-order valence-corrected chi connectivity index (χ3v) is 3.14. The first-order chi connectivity index (χ1) is 9.81. The maximum atomic E-state index is 12.2. The van der Waals surface area contributed by atoms with Crippen LogP contribution in [-0.4, -0.2) is 62.4 Å². The van der Waals surface area contributed by atoms with E-state index in [0.717, 1.165) is 25.3 Å². The molecule has 1 aromatic rings. The first-order valence-electron chi connectivity index (χ1n) is 6.87. The summed E-state index contributed by atoms with van der Waals surface area (Å²) >= 11 is 0. The van der Waals surface area contributed by atoms with E-state index in [1.165, 1.54) is 0 Å². The van der Waals surface area contributed by atoms with Gasteiger partial charge in [-0.2, -0.15) is 0 Å². The van der Waals surface area contributed by atoms with Gasteiger partial charge in [0.2, 0.25) is 0 Å². The van der Waals surface area contributed by atoms with Crippen molar-refractivity contribution >= 4 is 11.6 Å². The Kier molecular flexibility index (Phi) is 5.76. The molecule has 0 aromatic carbocycles. The average molecular weight is 279 g/mol. The molecule has 1 amide bonds. The van der Waals surface area contributed by atoms with Crippen molar-refractivity contribution in [2.24, 2.45) is 0 Å². The van der Waals surface area contributed by atoms with Crippen molar-refractivity contribution < 1.29 is 14.3 Å². The van der Waals surface area contributed by atoms with Crippen LogP contribution >= 0.6 is 0 Å². The van der Waals surface area contributed by atoms with Crippen LogP contribution in [0.1, 0.15) is 16.9 Å². The molecule has 2 rings (SSSR count). The summed E-state index contributed by atoms with van der Waals surface area (Å²) in [7, 11) is 1.69. The number of nitrogens with zero attached hydrogens (tertiary/aromatic N) is 2. The predicted molar refractivity (Wildman–Crippen MR) is 75.9 cm³/mol. The molecule has 0 aliphatic carbocycles. The van der Waals surface area contributed by atoms with Crippen molar-refractivity contribution in [2.45, 2.75) is 6.42 Å². The Morgan fingerprint density at radius 1 is 1.45 bits per heavy atom. The summed E-state index contributed by atoms with van der Waals surface area (Å²) in [6, 6.07) is 3.64. The van der Waals surface area contributed by atoms with Gasteiger partial charge in [-0.25, -0.2) is 4.98 Å². The number of aromatic nitrogens is 1. The van der Waals surface area contributed by atoms with E-state index in [2.05, 4.69) is 10.3 Å². The standard InChI is InChI=1S/C14H21N3O3/c1-19-8-2-5-15-12-3-4-13(16-11-12)14(18)17-6-9-20-10-7-17/h3-4,11,15H,2,5-10H2,1H3. The van der Waals surface area contributed by atoms with Gasteiger partial charge in [0.05, 0.1) is 25.1 Å². The van der Waals surface area contributed by atoms with Gasteiger partial charge in [-0.3, -0.25) is 4.79 Å². The zero-order valence-electron chi connectivity index (χ0n) is 11.8. The highest BCUT2D eigenvalue weighted by Crippen LogP contribution is 2.09. The number of hydrogen-bond acceptors (Lipinski definition) is 5. The van der Waals surface area contributed by atoms with E-state index in [1.54, 1.807) is 24.3 Å². The first kappa shape index (κ1) is 14.7. The van der Waals surface area contributed by atoms with Gasteiger partial charge in [0.25, 0.3) is 5.91 Å². The largest absolute Gasteiger partial charge is 0.385 e. The Bertz CT molecular complexity index is 416. The normalized spacial score (nSPS) is 15.2. The van der Waals surface area contributed by atoms with Crippen molar-refractivity contribution in [1.82, 2.24) is 9.88 Å². The van der Waals surface area contributed by atoms with Gasteiger partial charge < -0.3 is 19.7 Å². The van der Waals surface area contributed by atoms with Gasteiger partial charge in [0, 0.05) is 33.4 Å². The number of ether oxygens (including phenoxy) is 2. The Labute approximate surface area is 119 Å². The van der Waals surface area contributed by atoms with Crippen LogP contribution in [0.4, 0.5) is 5.69 Å². The number of amides is 1. The van der Waals surface area contributed by atoms with E-state index in [9.17, 15) is 4.79 Å². The van der Waals surface area contributed by atoms with E-state index >= 15 is 0 Å². The van der Waals surface area contributed by atoms with E-state index in [0.29, 0.717) is 32.0 Å². The highest BCUT2D eigenvalue weighted by molar-refractivity contribution is 5.92. The molecule has 20 heavy (non-hydrogen) atoms. The maximum Gasteiger partial charge on any atom is 0.272 e. The second-order valence-electron chi connectivity index (χ2n) is 4.61. The summed E-state index contributed by atoms with van der Waals surface area (Å²) in [5, 5.41) is 3.24. The Morgan fingerprint density at radius 3 is 2.90 bits per heavy atom. The molecule has 1 N–H and O–H groups in total. The molecule has 110 valence electrons. The molecular formula is C14H21N3O3. The lowest BCUT2D eigenvalue weighted by Crippen LogP contribution is -2.41. The van der Waals surface area contributed by atoms with E-state index < -0.39 is 0 Å². The van der Waals surface area contributed by atoms with E-state index in [-0.39, 0.29) is 5.91 Å². The molecule has 1 fully saturated rings. The third kappa shape index (κ3) is 4.18. The molecular weight excluding hydrogens is 258 g/mol. The molecule has 0 radical (unpaired) electrons. The molecule has 0 bridgehead atoms. The highest BCUT2D eigenvalue weighted by Gasteiger charge is 2.19. The number of anilines is 1. The first-order valence-corrected chi connectivity index (χ1v) is 6.87. The monoisotopic (exact) mass is 279 g/mol. The summed E-state index contributed by atoms with van der Waals surface area (Å²) in [5.41, 5.74) is 1.40. The molecule has 0 atom stereocenters. The highest BCUT2D eigenvalue weighted by atomic mass is 16.5. The number of nitrogens with one attached hydrogen (secondary N) is 1. The van der Waals surface area contributed by atoms with Crippen LogP contribution in [0.5, 0.6) is 0 Å². The Balaban J connectivity index is 1.85. The molecule has 0 unspecified atom stereocenters. The second-order valence-corrected chi connectivity index (χ2v) is 4.61. The minimum absolute atomic E-state index is 0.0285. The van der Waals surface area contributed by atoms with Gasteiger partial charge in [-0.1, -0.05) is 0 Å². The Hall–Kier alpha value is -1.66. The average Bonchev–Trinajstić information content (AvgIpc) is 2.52. The lowest BCUT2D eigenvalue weighted by Gasteiger charge is -2.26. The van der Waals surface area contributed by atoms with Crippen molar-refractivity contribution in [1.29, 1.82) is 0 Å². The maximum absolute atomic E-state index is 12.2. The SMILES string of the molecule is COCCCNc1ccc(C(=O)N2CCOCC2)nc1. The lowest BCUT2D eigenvalue weighted by atomic mass is 10.2. The van der Waals surface area contributed by atoms with E-state index in [1.807, 2.05) is 6.07 Å². The molecule has 1 saturated heterocycles. The van der Waals surface area contributed by atoms with Crippen LogP contribution in [0.25, 0.3) is 0 Å². The molecule has 0 spiro atoms. The fourth-order valence-corrected chi connectivity index (χ4v) is 2.00. The zero-order valence-corrected chi connectivity index (χ0v) is 11.8. The predicted octanol–water partition coefficient (Wildman–Crippen LogP) is 1.00. The number of rotatable bonds is 6. The molecule has 1 aromatic heterocycles. The minimum Gasteiger partial charge on any atom is -0.385 e. The zero-order chi connectivity index (χ0) is 14.2. The van der Waals surface area contributed by atoms with Gasteiger partial charge in [-0.05, 0) is 18.6 Å². The lowest BCUT2D eigenvalue weighted by molar-refractivity contribution is 0.0299. The third-order valence-electron chi connectivity index (χ3n) is 3.14. The van der Waals surface area contributed by atoms with Crippen LogP contribution in [0.3, 0.4) is 0 Å². The molecule has 6 heteroatoms. The van der Waals surface area contributed by atoms with Gasteiger partial charge in [-0.15, -0.1) is 0 Å². The van der Waals surface area contributed by atoms with Crippen LogP contribution in [0.15, 0.2) is 18.3 Å². The van der Waals surface area contributed by atoms with Gasteiger partial charge >= 0.3 is 0 Å². The topological polar surface area (TPSA) is 63.7 Å². The number of hydrogen-bond donors (Lipinski definition) is 1. The summed E-state index contributed by atoms with van der Waals surface area (Å²) in [5.74, 6) is -0.0285. The van der Waals surface area contributed by atoms with Crippen LogP contribution in [-0.2, 0) is 9.47 Å². The molecule has 1 aliphatic heterocycles. The molecule has 1 aliphatic rings. The smallest absolute Gasteiger partial charge is 0.272 e. The van der Waals surface area contributed by atoms with E-state index in [4.69, 9.17) is 9.47 Å². The summed E-state index contributed by atoms with van der Waals surface area (Å²) in [6.07, 6.45) is 2.63. The number of carbonyl (C=O) groups is 1. The van der Waals surface area contributed by atoms with Crippen LogP contribution in [0, 0.1) is 0 Å². The number of carbonyl (C=O) groups excluding carboxylic acids is 1. The van der Waals surface area contributed by atoms with Gasteiger partial charge in [0.1, 0.15) is 5.69 Å². The van der Waals surface area contributed by atoms with Crippen LogP contribution in [0.2, 0.25) is 0 Å². The van der Waals surface area contributed by atoms with Crippen molar-refractivity contribution in [3.8, 4) is 0 Å². The second kappa shape index (κ2) is 7.81. The molecule has 0 saturated carbocycles. The Morgan fingerprint density at radius 2 is 2.25 bits per heavy atom. The quantitative estimate of drug-likeness (QED) is 0.787. The molecule has 6 nitrogen and oxygen atoms in total. The number of methoxy groups -OCH3 is 1. The molecule has 2 heterocycles. The van der Waals surface area contributed by atoms with Crippen molar-refractivity contribution in [3.63, 3.8) is 0 Å². The fraction of sp³-hybridized carbons (Fsp3) is 0.571. The van der Waals surface area contributed by atoms with Crippen molar-refractivity contribution in [2.75, 3.05) is 51.9 Å². The summed E-state index contributed by atoms with van der Waals surface area (Å²) in [4.78, 5) is 18.2. The fourth-order valence-electron chi connectivity index (χ4n) is 2.00. The summed E-state index contributed by atoms with van der Waals surface area (Å²) < 4.78 is 10.2. The minimum atomic E-state index is -0.0285. The number of morpholine rings is 1. The van der Waals surface area contributed by atoms with Crippen molar-refractivity contribution in [3.05, 3.63) is 24.0 Å². The summed E-state index contributed by atoms with van der Waals surface area (Å²) in [6.45, 7) is 4.03.